The Morgan fingerprint density at radius 3 is 2.35 bits per heavy atom. The maximum atomic E-state index is 13.2. The summed E-state index contributed by atoms with van der Waals surface area (Å²) in [4.78, 5) is 41.3. The van der Waals surface area contributed by atoms with Crippen molar-refractivity contribution in [2.45, 2.75) is 38.0 Å². The van der Waals surface area contributed by atoms with Crippen LogP contribution in [-0.2, 0) is 33.8 Å². The molecule has 0 unspecified atom stereocenters. The molecule has 2 aromatic rings. The van der Waals surface area contributed by atoms with Crippen LogP contribution in [0, 0.1) is 0 Å². The maximum Gasteiger partial charge on any atom is 0.409 e. The number of hydrogen-bond acceptors (Lipinski definition) is 6. The highest BCUT2D eigenvalue weighted by molar-refractivity contribution is 5.90. The van der Waals surface area contributed by atoms with E-state index in [0.29, 0.717) is 25.9 Å². The van der Waals surface area contributed by atoms with Crippen molar-refractivity contribution in [2.75, 3.05) is 26.7 Å². The van der Waals surface area contributed by atoms with Gasteiger partial charge in [-0.25, -0.2) is 4.79 Å². The first-order chi connectivity index (χ1) is 16.4. The average molecular weight is 468 g/mol. The van der Waals surface area contributed by atoms with E-state index in [2.05, 4.69) is 5.32 Å². The Morgan fingerprint density at radius 1 is 1.03 bits per heavy atom. The van der Waals surface area contributed by atoms with E-state index in [1.54, 1.807) is 0 Å². The number of carbonyl (C=O) groups excluding carboxylic acids is 3. The van der Waals surface area contributed by atoms with Gasteiger partial charge in [0.05, 0.1) is 19.7 Å². The van der Waals surface area contributed by atoms with Crippen LogP contribution in [0.5, 0.6) is 0 Å². The second-order valence-corrected chi connectivity index (χ2v) is 8.33. The quantitative estimate of drug-likeness (QED) is 0.531. The number of methoxy groups -OCH3 is 1. The standard InChI is InChI=1S/C25H33N5O4/c1-34-25(33)29-13-14-30(24(32)21(27)12-11-18-5-3-2-4-6-18)22(17-29)23(31)28-16-20-9-7-19(15-26)8-10-20/h2-10,21-22H,11-17,26-27H2,1H3,(H,28,31)/t21-,22+/m1/s1. The zero-order chi connectivity index (χ0) is 24.5. The molecular formula is C25H33N5O4. The topological polar surface area (TPSA) is 131 Å². The summed E-state index contributed by atoms with van der Waals surface area (Å²) in [7, 11) is 1.29. The fourth-order valence-corrected chi connectivity index (χ4v) is 3.97. The van der Waals surface area contributed by atoms with Gasteiger partial charge in [0.15, 0.2) is 0 Å². The molecule has 1 heterocycles. The number of nitrogens with one attached hydrogen (secondary N) is 1. The van der Waals surface area contributed by atoms with E-state index in [-0.39, 0.29) is 31.4 Å². The summed E-state index contributed by atoms with van der Waals surface area (Å²) in [6.45, 7) is 1.26. The monoisotopic (exact) mass is 467 g/mol. The van der Waals surface area contributed by atoms with Crippen LogP contribution in [0.1, 0.15) is 23.1 Å². The van der Waals surface area contributed by atoms with Crippen molar-refractivity contribution in [1.82, 2.24) is 15.1 Å². The average Bonchev–Trinajstić information content (AvgIpc) is 2.89. The minimum absolute atomic E-state index is 0.0434. The Hall–Kier alpha value is -3.43. The second kappa shape index (κ2) is 12.2. The summed E-state index contributed by atoms with van der Waals surface area (Å²) < 4.78 is 4.82. The lowest BCUT2D eigenvalue weighted by Crippen LogP contribution is -2.63. The lowest BCUT2D eigenvalue weighted by molar-refractivity contribution is -0.144. The zero-order valence-electron chi connectivity index (χ0n) is 19.5. The first kappa shape index (κ1) is 25.2. The highest BCUT2D eigenvalue weighted by Gasteiger charge is 2.38. The molecule has 34 heavy (non-hydrogen) atoms. The molecule has 9 nitrogen and oxygen atoms in total. The van der Waals surface area contributed by atoms with Gasteiger partial charge < -0.3 is 31.3 Å². The fraction of sp³-hybridized carbons (Fsp3) is 0.400. The van der Waals surface area contributed by atoms with Crippen molar-refractivity contribution >= 4 is 17.9 Å². The van der Waals surface area contributed by atoms with Crippen LogP contribution in [0.15, 0.2) is 54.6 Å². The van der Waals surface area contributed by atoms with E-state index in [1.165, 1.54) is 16.9 Å². The van der Waals surface area contributed by atoms with Crippen LogP contribution in [0.3, 0.4) is 0 Å². The molecule has 0 aliphatic carbocycles. The smallest absolute Gasteiger partial charge is 0.409 e. The van der Waals surface area contributed by atoms with E-state index in [0.717, 1.165) is 16.7 Å². The molecule has 0 saturated carbocycles. The van der Waals surface area contributed by atoms with Crippen molar-refractivity contribution in [3.63, 3.8) is 0 Å². The molecule has 0 aromatic heterocycles. The highest BCUT2D eigenvalue weighted by atomic mass is 16.5. The van der Waals surface area contributed by atoms with Gasteiger partial charge in [-0.2, -0.15) is 0 Å². The van der Waals surface area contributed by atoms with E-state index in [9.17, 15) is 14.4 Å². The van der Waals surface area contributed by atoms with Gasteiger partial charge in [0, 0.05) is 26.2 Å². The summed E-state index contributed by atoms with van der Waals surface area (Å²) in [5.74, 6) is -0.645. The summed E-state index contributed by atoms with van der Waals surface area (Å²) in [5, 5.41) is 2.88. The van der Waals surface area contributed by atoms with Gasteiger partial charge in [-0.3, -0.25) is 9.59 Å². The Morgan fingerprint density at radius 2 is 1.71 bits per heavy atom. The van der Waals surface area contributed by atoms with Crippen molar-refractivity contribution < 1.29 is 19.1 Å². The number of rotatable bonds is 8. The molecule has 0 radical (unpaired) electrons. The first-order valence-corrected chi connectivity index (χ1v) is 11.4. The predicted molar refractivity (Wildman–Crippen MR) is 128 cm³/mol. The third-order valence-electron chi connectivity index (χ3n) is 6.03. The van der Waals surface area contributed by atoms with E-state index in [1.807, 2.05) is 54.6 Å². The van der Waals surface area contributed by atoms with E-state index < -0.39 is 18.2 Å². The number of piperazine rings is 1. The number of nitrogens with zero attached hydrogens (tertiary/aromatic N) is 2. The predicted octanol–water partition coefficient (Wildman–Crippen LogP) is 1.00. The molecule has 2 aromatic carbocycles. The fourth-order valence-electron chi connectivity index (χ4n) is 3.97. The van der Waals surface area contributed by atoms with Crippen molar-refractivity contribution in [3.8, 4) is 0 Å². The SMILES string of the molecule is COC(=O)N1CCN(C(=O)[C@H](N)CCc2ccccc2)[C@H](C(=O)NCc2ccc(CN)cc2)C1. The van der Waals surface area contributed by atoms with Crippen LogP contribution in [0.4, 0.5) is 4.79 Å². The lowest BCUT2D eigenvalue weighted by Gasteiger charge is -2.40. The van der Waals surface area contributed by atoms with Crippen LogP contribution in [-0.4, -0.2) is 66.5 Å². The Balaban J connectivity index is 1.66. The second-order valence-electron chi connectivity index (χ2n) is 8.33. The van der Waals surface area contributed by atoms with Crippen LogP contribution in [0.25, 0.3) is 0 Å². The normalized spacial score (nSPS) is 16.6. The molecule has 182 valence electrons. The van der Waals surface area contributed by atoms with Gasteiger partial charge in [0.2, 0.25) is 11.8 Å². The lowest BCUT2D eigenvalue weighted by atomic mass is 10.0. The number of carbonyl (C=O) groups is 3. The molecule has 3 rings (SSSR count). The Labute approximate surface area is 200 Å². The van der Waals surface area contributed by atoms with Gasteiger partial charge >= 0.3 is 6.09 Å². The van der Waals surface area contributed by atoms with Gasteiger partial charge in [0.25, 0.3) is 0 Å². The molecule has 5 N–H and O–H groups in total. The number of benzene rings is 2. The van der Waals surface area contributed by atoms with Crippen molar-refractivity contribution in [3.05, 3.63) is 71.3 Å². The van der Waals surface area contributed by atoms with Crippen molar-refractivity contribution in [2.24, 2.45) is 11.5 Å². The van der Waals surface area contributed by atoms with Crippen LogP contribution in [0.2, 0.25) is 0 Å². The molecule has 0 spiro atoms. The van der Waals surface area contributed by atoms with Gasteiger partial charge in [-0.15, -0.1) is 0 Å². The molecular weight excluding hydrogens is 434 g/mol. The van der Waals surface area contributed by atoms with E-state index in [4.69, 9.17) is 16.2 Å². The molecule has 1 saturated heterocycles. The zero-order valence-corrected chi connectivity index (χ0v) is 19.5. The summed E-state index contributed by atoms with van der Waals surface area (Å²) in [6, 6.07) is 15.8. The summed E-state index contributed by atoms with van der Waals surface area (Å²) >= 11 is 0. The largest absolute Gasteiger partial charge is 0.453 e. The summed E-state index contributed by atoms with van der Waals surface area (Å²) in [6.07, 6.45) is 0.587. The number of amides is 3. The molecule has 1 aliphatic rings. The Kier molecular flexibility index (Phi) is 9.00. The molecule has 0 bridgehead atoms. The Bertz CT molecular complexity index is 967. The highest BCUT2D eigenvalue weighted by Crippen LogP contribution is 2.15. The first-order valence-electron chi connectivity index (χ1n) is 11.4. The van der Waals surface area contributed by atoms with Crippen LogP contribution < -0.4 is 16.8 Å². The third-order valence-corrected chi connectivity index (χ3v) is 6.03. The number of ether oxygens (including phenoxy) is 1. The van der Waals surface area contributed by atoms with E-state index >= 15 is 0 Å². The molecule has 1 fully saturated rings. The molecule has 2 atom stereocenters. The number of nitrogens with two attached hydrogens (primary N) is 2. The van der Waals surface area contributed by atoms with Crippen molar-refractivity contribution in [1.29, 1.82) is 0 Å². The number of aryl methyl sites for hydroxylation is 1. The molecule has 3 amide bonds. The van der Waals surface area contributed by atoms with Gasteiger partial charge in [-0.1, -0.05) is 54.6 Å². The third kappa shape index (κ3) is 6.55. The van der Waals surface area contributed by atoms with Gasteiger partial charge in [-0.05, 0) is 29.5 Å². The maximum absolute atomic E-state index is 13.2. The van der Waals surface area contributed by atoms with Gasteiger partial charge in [0.1, 0.15) is 6.04 Å². The summed E-state index contributed by atoms with van der Waals surface area (Å²) in [5.41, 5.74) is 14.9. The molecule has 1 aliphatic heterocycles. The number of hydrogen-bond donors (Lipinski definition) is 3. The molecule has 9 heteroatoms. The minimum Gasteiger partial charge on any atom is -0.453 e. The minimum atomic E-state index is -0.855. The van der Waals surface area contributed by atoms with Crippen LogP contribution >= 0.6 is 0 Å².